The van der Waals surface area contributed by atoms with Gasteiger partial charge in [0, 0.05) is 11.3 Å². The minimum absolute atomic E-state index is 0.0827. The Labute approximate surface area is 132 Å². The van der Waals surface area contributed by atoms with Gasteiger partial charge in [-0.25, -0.2) is 0 Å². The summed E-state index contributed by atoms with van der Waals surface area (Å²) in [6.45, 7) is 8.46. The second kappa shape index (κ2) is 6.61. The Kier molecular flexibility index (Phi) is 4.81. The van der Waals surface area contributed by atoms with Gasteiger partial charge in [-0.3, -0.25) is 4.79 Å². The Balaban J connectivity index is 2.09. The first kappa shape index (κ1) is 16.0. The molecular formula is C20H23NO. The third-order valence-electron chi connectivity index (χ3n) is 3.34. The summed E-state index contributed by atoms with van der Waals surface area (Å²) >= 11 is 0. The first-order valence-electron chi connectivity index (χ1n) is 7.51. The number of aryl methyl sites for hydroxylation is 1. The number of anilines is 1. The summed E-state index contributed by atoms with van der Waals surface area (Å²) in [7, 11) is 0. The molecule has 0 saturated heterocycles. The molecule has 2 aromatic carbocycles. The van der Waals surface area contributed by atoms with Gasteiger partial charge in [-0.2, -0.15) is 0 Å². The van der Waals surface area contributed by atoms with E-state index in [4.69, 9.17) is 0 Å². The standard InChI is InChI=1S/C20H23NO/c1-15-7-5-6-8-18(15)21-19(22)17-11-9-16(10-12-17)13-14-20(2,3)4/h5-14H,1-4H3,(H,21,22). The lowest BCUT2D eigenvalue weighted by atomic mass is 9.95. The van der Waals surface area contributed by atoms with Crippen LogP contribution in [0.25, 0.3) is 6.08 Å². The molecule has 1 amide bonds. The molecule has 0 saturated carbocycles. The van der Waals surface area contributed by atoms with Crippen LogP contribution in [0.1, 0.15) is 42.3 Å². The first-order chi connectivity index (χ1) is 10.3. The Morgan fingerprint density at radius 3 is 2.23 bits per heavy atom. The number of hydrogen-bond acceptors (Lipinski definition) is 1. The van der Waals surface area contributed by atoms with E-state index >= 15 is 0 Å². The molecule has 0 aliphatic rings. The van der Waals surface area contributed by atoms with E-state index in [0.717, 1.165) is 16.8 Å². The summed E-state index contributed by atoms with van der Waals surface area (Å²) in [5, 5.41) is 2.95. The maximum Gasteiger partial charge on any atom is 0.255 e. The molecule has 0 bridgehead atoms. The molecule has 0 radical (unpaired) electrons. The van der Waals surface area contributed by atoms with Crippen LogP contribution in [0.3, 0.4) is 0 Å². The zero-order chi connectivity index (χ0) is 16.2. The minimum atomic E-state index is -0.0827. The van der Waals surface area contributed by atoms with Gasteiger partial charge < -0.3 is 5.32 Å². The van der Waals surface area contributed by atoms with E-state index in [1.165, 1.54) is 0 Å². The fourth-order valence-corrected chi connectivity index (χ4v) is 2.00. The van der Waals surface area contributed by atoms with Gasteiger partial charge in [0.2, 0.25) is 0 Å². The van der Waals surface area contributed by atoms with Gasteiger partial charge in [-0.1, -0.05) is 63.3 Å². The number of rotatable bonds is 3. The molecule has 2 aromatic rings. The van der Waals surface area contributed by atoms with Crippen molar-refractivity contribution in [2.24, 2.45) is 5.41 Å². The lowest BCUT2D eigenvalue weighted by molar-refractivity contribution is 0.102. The number of hydrogen-bond donors (Lipinski definition) is 1. The van der Waals surface area contributed by atoms with Crippen molar-refractivity contribution in [1.29, 1.82) is 0 Å². The van der Waals surface area contributed by atoms with Crippen LogP contribution in [0.4, 0.5) is 5.69 Å². The quantitative estimate of drug-likeness (QED) is 0.816. The van der Waals surface area contributed by atoms with Crippen molar-refractivity contribution in [2.75, 3.05) is 5.32 Å². The molecule has 0 fully saturated rings. The highest BCUT2D eigenvalue weighted by molar-refractivity contribution is 6.04. The summed E-state index contributed by atoms with van der Waals surface area (Å²) in [5.41, 5.74) is 3.82. The van der Waals surface area contributed by atoms with Crippen LogP contribution in [0, 0.1) is 12.3 Å². The van der Waals surface area contributed by atoms with E-state index in [1.54, 1.807) is 0 Å². The van der Waals surface area contributed by atoms with Gasteiger partial charge in [-0.15, -0.1) is 0 Å². The van der Waals surface area contributed by atoms with E-state index in [-0.39, 0.29) is 11.3 Å². The molecule has 0 aliphatic carbocycles. The number of carbonyl (C=O) groups excluding carboxylic acids is 1. The summed E-state index contributed by atoms with van der Waals surface area (Å²) in [5.74, 6) is -0.0827. The maximum absolute atomic E-state index is 12.3. The van der Waals surface area contributed by atoms with Crippen LogP contribution in [-0.4, -0.2) is 5.91 Å². The number of allylic oxidation sites excluding steroid dienone is 1. The topological polar surface area (TPSA) is 29.1 Å². The van der Waals surface area contributed by atoms with Crippen LogP contribution in [0.5, 0.6) is 0 Å². The van der Waals surface area contributed by atoms with Crippen molar-refractivity contribution in [3.63, 3.8) is 0 Å². The van der Waals surface area contributed by atoms with Crippen molar-refractivity contribution in [3.8, 4) is 0 Å². The first-order valence-corrected chi connectivity index (χ1v) is 7.51. The third kappa shape index (κ3) is 4.59. The monoisotopic (exact) mass is 293 g/mol. The Hall–Kier alpha value is -2.35. The van der Waals surface area contributed by atoms with E-state index in [2.05, 4.69) is 38.2 Å². The molecule has 2 rings (SSSR count). The molecule has 0 atom stereocenters. The van der Waals surface area contributed by atoms with Gasteiger partial charge in [0.1, 0.15) is 0 Å². The molecular weight excluding hydrogens is 270 g/mol. The van der Waals surface area contributed by atoms with Crippen LogP contribution in [-0.2, 0) is 0 Å². The highest BCUT2D eigenvalue weighted by atomic mass is 16.1. The molecule has 0 heterocycles. The Bertz CT molecular complexity index is 676. The average Bonchev–Trinajstić information content (AvgIpc) is 2.47. The fourth-order valence-electron chi connectivity index (χ4n) is 2.00. The number of amides is 1. The van der Waals surface area contributed by atoms with Crippen molar-refractivity contribution in [3.05, 3.63) is 71.3 Å². The van der Waals surface area contributed by atoms with Crippen molar-refractivity contribution >= 4 is 17.7 Å². The lowest BCUT2D eigenvalue weighted by Gasteiger charge is -2.11. The fraction of sp³-hybridized carbons (Fsp3) is 0.250. The highest BCUT2D eigenvalue weighted by Gasteiger charge is 2.07. The Morgan fingerprint density at radius 2 is 1.64 bits per heavy atom. The summed E-state index contributed by atoms with van der Waals surface area (Å²) < 4.78 is 0. The largest absolute Gasteiger partial charge is 0.322 e. The van der Waals surface area contributed by atoms with Gasteiger partial charge in [0.25, 0.3) is 5.91 Å². The second-order valence-electron chi connectivity index (χ2n) is 6.59. The average molecular weight is 293 g/mol. The van der Waals surface area contributed by atoms with Crippen molar-refractivity contribution < 1.29 is 4.79 Å². The van der Waals surface area contributed by atoms with Crippen molar-refractivity contribution in [2.45, 2.75) is 27.7 Å². The van der Waals surface area contributed by atoms with Crippen LogP contribution in [0.2, 0.25) is 0 Å². The molecule has 0 unspecified atom stereocenters. The van der Waals surface area contributed by atoms with Gasteiger partial charge in [0.15, 0.2) is 0 Å². The Morgan fingerprint density at radius 1 is 1.00 bits per heavy atom. The smallest absolute Gasteiger partial charge is 0.255 e. The van der Waals surface area contributed by atoms with Gasteiger partial charge >= 0.3 is 0 Å². The molecule has 2 nitrogen and oxygen atoms in total. The molecule has 2 heteroatoms. The third-order valence-corrected chi connectivity index (χ3v) is 3.34. The molecule has 0 aromatic heterocycles. The number of nitrogens with one attached hydrogen (secondary N) is 1. The number of para-hydroxylation sites is 1. The molecule has 0 spiro atoms. The van der Waals surface area contributed by atoms with Crippen LogP contribution in [0.15, 0.2) is 54.6 Å². The van der Waals surface area contributed by atoms with Crippen LogP contribution >= 0.6 is 0 Å². The molecule has 22 heavy (non-hydrogen) atoms. The van der Waals surface area contributed by atoms with E-state index < -0.39 is 0 Å². The zero-order valence-corrected chi connectivity index (χ0v) is 13.7. The number of benzene rings is 2. The van der Waals surface area contributed by atoms with E-state index in [9.17, 15) is 4.79 Å². The summed E-state index contributed by atoms with van der Waals surface area (Å²) in [4.78, 5) is 12.3. The summed E-state index contributed by atoms with van der Waals surface area (Å²) in [6, 6.07) is 15.4. The van der Waals surface area contributed by atoms with Crippen LogP contribution < -0.4 is 5.32 Å². The van der Waals surface area contributed by atoms with Gasteiger partial charge in [0.05, 0.1) is 0 Å². The normalized spacial score (nSPS) is 11.6. The predicted octanol–water partition coefficient (Wildman–Crippen LogP) is 5.31. The second-order valence-corrected chi connectivity index (χ2v) is 6.59. The van der Waals surface area contributed by atoms with Crippen molar-refractivity contribution in [1.82, 2.24) is 0 Å². The SMILES string of the molecule is Cc1ccccc1NC(=O)c1ccc(C=CC(C)(C)C)cc1. The molecule has 1 N–H and O–H groups in total. The van der Waals surface area contributed by atoms with Gasteiger partial charge in [-0.05, 0) is 41.7 Å². The van der Waals surface area contributed by atoms with E-state index in [1.807, 2.05) is 55.5 Å². The minimum Gasteiger partial charge on any atom is -0.322 e. The predicted molar refractivity (Wildman–Crippen MR) is 94.1 cm³/mol. The molecule has 114 valence electrons. The highest BCUT2D eigenvalue weighted by Crippen LogP contribution is 2.18. The zero-order valence-electron chi connectivity index (χ0n) is 13.7. The van der Waals surface area contributed by atoms with E-state index in [0.29, 0.717) is 5.56 Å². The molecule has 0 aliphatic heterocycles. The number of carbonyl (C=O) groups is 1. The summed E-state index contributed by atoms with van der Waals surface area (Å²) in [6.07, 6.45) is 4.25. The lowest BCUT2D eigenvalue weighted by Crippen LogP contribution is -2.12. The maximum atomic E-state index is 12.3.